The Balaban J connectivity index is 2.66. The molecular weight excluding hydrogens is 419 g/mol. The molecule has 0 fully saturated rings. The maximum absolute atomic E-state index is 11.9. The fraction of sp³-hybridized carbons (Fsp3) is 0.286. The van der Waals surface area contributed by atoms with E-state index in [4.69, 9.17) is 0 Å². The Morgan fingerprint density at radius 3 is 2.42 bits per heavy atom. The van der Waals surface area contributed by atoms with Crippen molar-refractivity contribution in [3.05, 3.63) is 47.4 Å². The normalized spacial score (nSPS) is 10.8. The predicted molar refractivity (Wildman–Crippen MR) is 89.6 cm³/mol. The van der Waals surface area contributed by atoms with Gasteiger partial charge in [-0.25, -0.2) is 4.98 Å². The first-order valence-electron chi connectivity index (χ1n) is 5.99. The second kappa shape index (κ2) is 5.75. The van der Waals surface area contributed by atoms with Crippen LogP contribution in [0.2, 0.25) is 0 Å². The van der Waals surface area contributed by atoms with Crippen LogP contribution >= 0.6 is 38.5 Å². The largest absolute Gasteiger partial charge is 0.306 e. The van der Waals surface area contributed by atoms with Crippen molar-refractivity contribution < 1.29 is 0 Å². The first kappa shape index (κ1) is 14.7. The quantitative estimate of drug-likeness (QED) is 0.729. The van der Waals surface area contributed by atoms with Crippen LogP contribution < -0.4 is 5.56 Å². The van der Waals surface area contributed by atoms with E-state index in [-0.39, 0.29) is 5.56 Å². The molecule has 0 aliphatic carbocycles. The third kappa shape index (κ3) is 2.91. The van der Waals surface area contributed by atoms with Gasteiger partial charge in [0.25, 0.3) is 5.56 Å². The Labute approximate surface area is 134 Å². The van der Waals surface area contributed by atoms with Crippen LogP contribution in [0.25, 0.3) is 11.4 Å². The van der Waals surface area contributed by atoms with Crippen molar-refractivity contribution in [3.63, 3.8) is 0 Å². The summed E-state index contributed by atoms with van der Waals surface area (Å²) in [6.07, 6.45) is 0.754. The number of H-pyrrole nitrogens is 1. The minimum Gasteiger partial charge on any atom is -0.306 e. The van der Waals surface area contributed by atoms with E-state index in [9.17, 15) is 4.79 Å². The first-order valence-corrected chi connectivity index (χ1v) is 7.87. The van der Waals surface area contributed by atoms with Crippen molar-refractivity contribution in [2.24, 2.45) is 0 Å². The van der Waals surface area contributed by atoms with Gasteiger partial charge in [-0.3, -0.25) is 4.79 Å². The van der Waals surface area contributed by atoms with Gasteiger partial charge in [-0.2, -0.15) is 0 Å². The molecule has 0 saturated carbocycles. The summed E-state index contributed by atoms with van der Waals surface area (Å²) >= 11 is 5.59. The van der Waals surface area contributed by atoms with Crippen molar-refractivity contribution in [2.75, 3.05) is 0 Å². The SMILES string of the molecule is CCc1nc(-c2cc(C)c(Br)c(C)c2)[nH]c(=O)c1I. The zero-order chi connectivity index (χ0) is 14.2. The molecule has 0 amide bonds. The summed E-state index contributed by atoms with van der Waals surface area (Å²) < 4.78 is 1.77. The van der Waals surface area contributed by atoms with E-state index in [1.807, 2.05) is 55.5 Å². The maximum atomic E-state index is 11.9. The second-order valence-corrected chi connectivity index (χ2v) is 6.32. The topological polar surface area (TPSA) is 45.8 Å². The van der Waals surface area contributed by atoms with E-state index in [0.717, 1.165) is 33.3 Å². The Hall–Kier alpha value is -0.690. The highest BCUT2D eigenvalue weighted by Crippen LogP contribution is 2.26. The van der Waals surface area contributed by atoms with Gasteiger partial charge < -0.3 is 4.98 Å². The van der Waals surface area contributed by atoms with Crippen LogP contribution in [0.5, 0.6) is 0 Å². The summed E-state index contributed by atoms with van der Waals surface area (Å²) in [4.78, 5) is 19.3. The van der Waals surface area contributed by atoms with Crippen LogP contribution in [0.4, 0.5) is 0 Å². The molecular formula is C14H14BrIN2O. The fourth-order valence-corrected chi connectivity index (χ4v) is 2.82. The molecule has 1 N–H and O–H groups in total. The minimum atomic E-state index is -0.0688. The standard InChI is InChI=1S/C14H14BrIN2O/c1-4-10-12(16)14(19)18-13(17-10)9-5-7(2)11(15)8(3)6-9/h5-6H,4H2,1-3H3,(H,17,18,19). The number of rotatable bonds is 2. The molecule has 2 rings (SSSR count). The van der Waals surface area contributed by atoms with E-state index >= 15 is 0 Å². The number of hydrogen-bond donors (Lipinski definition) is 1. The van der Waals surface area contributed by atoms with Gasteiger partial charge in [0.2, 0.25) is 0 Å². The zero-order valence-electron chi connectivity index (χ0n) is 11.0. The van der Waals surface area contributed by atoms with Gasteiger partial charge in [-0.15, -0.1) is 0 Å². The number of aryl methyl sites for hydroxylation is 3. The maximum Gasteiger partial charge on any atom is 0.264 e. The molecule has 3 nitrogen and oxygen atoms in total. The number of nitrogens with zero attached hydrogens (tertiary/aromatic N) is 1. The lowest BCUT2D eigenvalue weighted by atomic mass is 10.1. The van der Waals surface area contributed by atoms with Crippen molar-refractivity contribution in [1.29, 1.82) is 0 Å². The predicted octanol–water partition coefficient (Wildman–Crippen LogP) is 3.98. The average Bonchev–Trinajstić information content (AvgIpc) is 2.38. The number of nitrogens with one attached hydrogen (secondary N) is 1. The van der Waals surface area contributed by atoms with Gasteiger partial charge in [0.1, 0.15) is 5.82 Å². The van der Waals surface area contributed by atoms with Crippen molar-refractivity contribution in [2.45, 2.75) is 27.2 Å². The Bertz CT molecular complexity index is 671. The van der Waals surface area contributed by atoms with E-state index < -0.39 is 0 Å². The summed E-state index contributed by atoms with van der Waals surface area (Å²) in [5.41, 5.74) is 3.99. The molecule has 0 saturated heterocycles. The number of benzene rings is 1. The van der Waals surface area contributed by atoms with Gasteiger partial charge >= 0.3 is 0 Å². The molecule has 0 aliphatic rings. The summed E-state index contributed by atoms with van der Waals surface area (Å²) in [7, 11) is 0. The lowest BCUT2D eigenvalue weighted by molar-refractivity contribution is 0.968. The smallest absolute Gasteiger partial charge is 0.264 e. The molecule has 5 heteroatoms. The average molecular weight is 433 g/mol. The first-order chi connectivity index (χ1) is 8.93. The number of halogens is 2. The third-order valence-corrected chi connectivity index (χ3v) is 5.34. The van der Waals surface area contributed by atoms with Crippen LogP contribution in [0.15, 0.2) is 21.4 Å². The highest BCUT2D eigenvalue weighted by Gasteiger charge is 2.10. The van der Waals surface area contributed by atoms with Gasteiger partial charge in [0.15, 0.2) is 0 Å². The van der Waals surface area contributed by atoms with E-state index in [1.165, 1.54) is 0 Å². The van der Waals surface area contributed by atoms with Crippen molar-refractivity contribution in [1.82, 2.24) is 9.97 Å². The molecule has 0 aliphatic heterocycles. The lowest BCUT2D eigenvalue weighted by Gasteiger charge is -2.09. The van der Waals surface area contributed by atoms with Gasteiger partial charge in [-0.1, -0.05) is 22.9 Å². The molecule has 0 radical (unpaired) electrons. The van der Waals surface area contributed by atoms with Crippen LogP contribution in [0.1, 0.15) is 23.7 Å². The number of aromatic nitrogens is 2. The number of aromatic amines is 1. The third-order valence-electron chi connectivity index (χ3n) is 2.98. The molecule has 100 valence electrons. The van der Waals surface area contributed by atoms with E-state index in [2.05, 4.69) is 25.9 Å². The second-order valence-electron chi connectivity index (χ2n) is 4.45. The van der Waals surface area contributed by atoms with Crippen LogP contribution in [-0.4, -0.2) is 9.97 Å². The summed E-state index contributed by atoms with van der Waals surface area (Å²) in [6.45, 7) is 6.07. The summed E-state index contributed by atoms with van der Waals surface area (Å²) in [5, 5.41) is 0. The monoisotopic (exact) mass is 432 g/mol. The minimum absolute atomic E-state index is 0.0688. The van der Waals surface area contributed by atoms with Crippen LogP contribution in [-0.2, 0) is 6.42 Å². The van der Waals surface area contributed by atoms with Crippen LogP contribution in [0.3, 0.4) is 0 Å². The molecule has 0 spiro atoms. The van der Waals surface area contributed by atoms with Gasteiger partial charge in [0.05, 0.1) is 9.26 Å². The summed E-state index contributed by atoms with van der Waals surface area (Å²) in [6, 6.07) is 4.06. The zero-order valence-corrected chi connectivity index (χ0v) is 14.7. The highest BCUT2D eigenvalue weighted by atomic mass is 127. The molecule has 0 atom stereocenters. The molecule has 0 unspecified atom stereocenters. The van der Waals surface area contributed by atoms with E-state index in [1.54, 1.807) is 0 Å². The van der Waals surface area contributed by atoms with Gasteiger partial charge in [0, 0.05) is 10.0 Å². The molecule has 19 heavy (non-hydrogen) atoms. The molecule has 1 aromatic heterocycles. The van der Waals surface area contributed by atoms with Crippen molar-refractivity contribution >= 4 is 38.5 Å². The Morgan fingerprint density at radius 2 is 1.89 bits per heavy atom. The fourth-order valence-electron chi connectivity index (χ4n) is 1.96. The Kier molecular flexibility index (Phi) is 4.45. The number of hydrogen-bond acceptors (Lipinski definition) is 2. The Morgan fingerprint density at radius 1 is 1.32 bits per heavy atom. The van der Waals surface area contributed by atoms with Gasteiger partial charge in [-0.05, 0) is 66.1 Å². The van der Waals surface area contributed by atoms with Crippen molar-refractivity contribution in [3.8, 4) is 11.4 Å². The lowest BCUT2D eigenvalue weighted by Crippen LogP contribution is -2.16. The van der Waals surface area contributed by atoms with E-state index in [0.29, 0.717) is 9.39 Å². The summed E-state index contributed by atoms with van der Waals surface area (Å²) in [5.74, 6) is 0.640. The highest BCUT2D eigenvalue weighted by molar-refractivity contribution is 14.1. The molecule has 1 heterocycles. The van der Waals surface area contributed by atoms with Crippen LogP contribution in [0, 0.1) is 17.4 Å². The molecule has 0 bridgehead atoms. The molecule has 1 aromatic carbocycles. The molecule has 2 aromatic rings.